The fraction of sp³-hybridized carbons (Fsp3) is 0.286. The van der Waals surface area contributed by atoms with Crippen LogP contribution in [0.25, 0.3) is 5.69 Å². The summed E-state index contributed by atoms with van der Waals surface area (Å²) < 4.78 is 1.75. The number of nitrogens with zero attached hydrogens (tertiary/aromatic N) is 3. The summed E-state index contributed by atoms with van der Waals surface area (Å²) >= 11 is 0. The first-order valence-electron chi connectivity index (χ1n) is 9.05. The standard InChI is InChI=1S/C21H24N4O2/c1-16-11-18(7-9-20(16)25-15-22-14-24-25)13-23-19(8-10-21(26)27)12-17-5-3-2-4-6-17/h2-7,9,11,14-15,19,23H,8,10,12-13H2,1H3,(H,26,27). The van der Waals surface area contributed by atoms with Gasteiger partial charge in [0.15, 0.2) is 0 Å². The largest absolute Gasteiger partial charge is 0.481 e. The van der Waals surface area contributed by atoms with Gasteiger partial charge in [-0.3, -0.25) is 4.79 Å². The fourth-order valence-corrected chi connectivity index (χ4v) is 3.15. The Morgan fingerprint density at radius 3 is 2.67 bits per heavy atom. The Labute approximate surface area is 158 Å². The molecule has 1 heterocycles. The van der Waals surface area contributed by atoms with E-state index in [-0.39, 0.29) is 12.5 Å². The summed E-state index contributed by atoms with van der Waals surface area (Å²) in [6, 6.07) is 16.5. The Hall–Kier alpha value is -2.99. The van der Waals surface area contributed by atoms with E-state index in [1.54, 1.807) is 11.0 Å². The fourth-order valence-electron chi connectivity index (χ4n) is 3.15. The van der Waals surface area contributed by atoms with E-state index in [4.69, 9.17) is 5.11 Å². The van der Waals surface area contributed by atoms with Crippen LogP contribution in [0.4, 0.5) is 0 Å². The summed E-state index contributed by atoms with van der Waals surface area (Å²) in [4.78, 5) is 15.0. The van der Waals surface area contributed by atoms with E-state index in [1.165, 1.54) is 11.9 Å². The van der Waals surface area contributed by atoms with E-state index in [0.29, 0.717) is 13.0 Å². The highest BCUT2D eigenvalue weighted by Gasteiger charge is 2.12. The lowest BCUT2D eigenvalue weighted by molar-refractivity contribution is -0.137. The number of benzene rings is 2. The molecule has 1 aromatic heterocycles. The zero-order chi connectivity index (χ0) is 19.1. The monoisotopic (exact) mass is 364 g/mol. The van der Waals surface area contributed by atoms with Gasteiger partial charge in [-0.25, -0.2) is 9.67 Å². The lowest BCUT2D eigenvalue weighted by atomic mass is 10.0. The molecule has 0 radical (unpaired) electrons. The summed E-state index contributed by atoms with van der Waals surface area (Å²) in [6.45, 7) is 2.74. The quantitative estimate of drug-likeness (QED) is 0.610. The molecule has 27 heavy (non-hydrogen) atoms. The van der Waals surface area contributed by atoms with Gasteiger partial charge in [-0.15, -0.1) is 0 Å². The molecule has 6 nitrogen and oxygen atoms in total. The van der Waals surface area contributed by atoms with Crippen LogP contribution in [0.15, 0.2) is 61.2 Å². The summed E-state index contributed by atoms with van der Waals surface area (Å²) in [7, 11) is 0. The molecule has 0 amide bonds. The van der Waals surface area contributed by atoms with Crippen LogP contribution >= 0.6 is 0 Å². The maximum Gasteiger partial charge on any atom is 0.303 e. The number of carboxylic acids is 1. The van der Waals surface area contributed by atoms with Gasteiger partial charge >= 0.3 is 5.97 Å². The number of carbonyl (C=O) groups is 1. The molecule has 3 aromatic rings. The van der Waals surface area contributed by atoms with Gasteiger partial charge in [0.25, 0.3) is 0 Å². The van der Waals surface area contributed by atoms with Crippen molar-refractivity contribution in [2.75, 3.05) is 0 Å². The van der Waals surface area contributed by atoms with Crippen LogP contribution in [-0.4, -0.2) is 31.9 Å². The van der Waals surface area contributed by atoms with Gasteiger partial charge < -0.3 is 10.4 Å². The normalized spacial score (nSPS) is 12.0. The first-order valence-corrected chi connectivity index (χ1v) is 9.05. The van der Waals surface area contributed by atoms with E-state index in [0.717, 1.165) is 23.2 Å². The molecule has 0 bridgehead atoms. The van der Waals surface area contributed by atoms with Crippen LogP contribution in [-0.2, 0) is 17.8 Å². The number of hydrogen-bond donors (Lipinski definition) is 2. The third kappa shape index (κ3) is 5.49. The smallest absolute Gasteiger partial charge is 0.303 e. The number of carboxylic acid groups (broad SMARTS) is 1. The van der Waals surface area contributed by atoms with Gasteiger partial charge in [0.05, 0.1) is 5.69 Å². The Morgan fingerprint density at radius 1 is 1.19 bits per heavy atom. The second-order valence-electron chi connectivity index (χ2n) is 6.66. The third-order valence-corrected chi connectivity index (χ3v) is 4.55. The van der Waals surface area contributed by atoms with Crippen molar-refractivity contribution in [3.63, 3.8) is 0 Å². The lowest BCUT2D eigenvalue weighted by Gasteiger charge is -2.19. The Balaban J connectivity index is 1.65. The molecule has 1 atom stereocenters. The van der Waals surface area contributed by atoms with Crippen LogP contribution < -0.4 is 5.32 Å². The third-order valence-electron chi connectivity index (χ3n) is 4.55. The van der Waals surface area contributed by atoms with Crippen molar-refractivity contribution in [3.8, 4) is 5.69 Å². The predicted molar refractivity (Wildman–Crippen MR) is 104 cm³/mol. The number of hydrogen-bond acceptors (Lipinski definition) is 4. The minimum Gasteiger partial charge on any atom is -0.481 e. The van der Waals surface area contributed by atoms with Crippen molar-refractivity contribution in [1.82, 2.24) is 20.1 Å². The topological polar surface area (TPSA) is 80.0 Å². The summed E-state index contributed by atoms with van der Waals surface area (Å²) in [5.74, 6) is -0.761. The molecule has 0 aliphatic rings. The molecule has 0 spiro atoms. The van der Waals surface area contributed by atoms with Crippen LogP contribution in [0.5, 0.6) is 0 Å². The van der Waals surface area contributed by atoms with Gasteiger partial charge in [-0.05, 0) is 42.5 Å². The molecule has 1 unspecified atom stereocenters. The number of aliphatic carboxylic acids is 1. The van der Waals surface area contributed by atoms with Gasteiger partial charge in [0, 0.05) is 19.0 Å². The van der Waals surface area contributed by atoms with E-state index >= 15 is 0 Å². The molecular formula is C21H24N4O2. The Kier molecular flexibility index (Phi) is 6.33. The minimum absolute atomic E-state index is 0.110. The molecule has 3 rings (SSSR count). The number of aromatic nitrogens is 3. The molecule has 0 saturated carbocycles. The average molecular weight is 364 g/mol. The second-order valence-corrected chi connectivity index (χ2v) is 6.66. The van der Waals surface area contributed by atoms with Gasteiger partial charge in [-0.1, -0.05) is 42.5 Å². The molecular weight excluding hydrogens is 340 g/mol. The first-order chi connectivity index (χ1) is 13.1. The summed E-state index contributed by atoms with van der Waals surface area (Å²) in [5.41, 5.74) is 4.48. The van der Waals surface area contributed by atoms with Crippen LogP contribution in [0, 0.1) is 6.92 Å². The van der Waals surface area contributed by atoms with Crippen molar-refractivity contribution < 1.29 is 9.90 Å². The maximum absolute atomic E-state index is 11.0. The first kappa shape index (κ1) is 18.8. The van der Waals surface area contributed by atoms with Crippen molar-refractivity contribution in [1.29, 1.82) is 0 Å². The SMILES string of the molecule is Cc1cc(CNC(CCC(=O)O)Cc2ccccc2)ccc1-n1cncn1. The molecule has 0 fully saturated rings. The van der Waals surface area contributed by atoms with Crippen molar-refractivity contribution in [2.24, 2.45) is 0 Å². The van der Waals surface area contributed by atoms with E-state index in [1.807, 2.05) is 31.2 Å². The molecule has 0 saturated heterocycles. The van der Waals surface area contributed by atoms with E-state index in [2.05, 4.69) is 39.7 Å². The van der Waals surface area contributed by atoms with Crippen LogP contribution in [0.3, 0.4) is 0 Å². The molecule has 2 aromatic carbocycles. The van der Waals surface area contributed by atoms with Gasteiger partial charge in [0.2, 0.25) is 0 Å². The number of aryl methyl sites for hydroxylation is 1. The number of rotatable bonds is 9. The summed E-state index contributed by atoms with van der Waals surface area (Å²) in [6.07, 6.45) is 4.77. The molecule has 0 aliphatic heterocycles. The predicted octanol–water partition coefficient (Wildman–Crippen LogP) is 3.14. The van der Waals surface area contributed by atoms with Crippen molar-refractivity contribution >= 4 is 5.97 Å². The van der Waals surface area contributed by atoms with Crippen LogP contribution in [0.2, 0.25) is 0 Å². The lowest BCUT2D eigenvalue weighted by Crippen LogP contribution is -2.31. The van der Waals surface area contributed by atoms with Gasteiger partial charge in [-0.2, -0.15) is 5.10 Å². The van der Waals surface area contributed by atoms with Crippen molar-refractivity contribution in [3.05, 3.63) is 77.9 Å². The zero-order valence-electron chi connectivity index (χ0n) is 15.4. The molecule has 0 aliphatic carbocycles. The van der Waals surface area contributed by atoms with Crippen molar-refractivity contribution in [2.45, 2.75) is 38.8 Å². The Morgan fingerprint density at radius 2 is 2.00 bits per heavy atom. The van der Waals surface area contributed by atoms with E-state index < -0.39 is 5.97 Å². The highest BCUT2D eigenvalue weighted by Crippen LogP contribution is 2.15. The molecule has 6 heteroatoms. The molecule has 2 N–H and O–H groups in total. The zero-order valence-corrected chi connectivity index (χ0v) is 15.4. The minimum atomic E-state index is -0.761. The highest BCUT2D eigenvalue weighted by molar-refractivity contribution is 5.66. The molecule has 140 valence electrons. The highest BCUT2D eigenvalue weighted by atomic mass is 16.4. The second kappa shape index (κ2) is 9.09. The maximum atomic E-state index is 11.0. The van der Waals surface area contributed by atoms with Gasteiger partial charge in [0.1, 0.15) is 12.7 Å². The van der Waals surface area contributed by atoms with E-state index in [9.17, 15) is 4.79 Å². The Bertz CT molecular complexity index is 863. The van der Waals surface area contributed by atoms with Crippen LogP contribution in [0.1, 0.15) is 29.5 Å². The summed E-state index contributed by atoms with van der Waals surface area (Å²) in [5, 5.41) is 16.7. The average Bonchev–Trinajstić information content (AvgIpc) is 3.19. The number of nitrogens with one attached hydrogen (secondary N) is 1.